The van der Waals surface area contributed by atoms with Crippen LogP contribution in [0.3, 0.4) is 0 Å². The molecule has 0 N–H and O–H groups in total. The third kappa shape index (κ3) is 3.15. The molecule has 0 unspecified atom stereocenters. The topological polar surface area (TPSA) is 80.7 Å². The van der Waals surface area contributed by atoms with Crippen LogP contribution in [-0.4, -0.2) is 36.7 Å². The molecule has 0 atom stereocenters. The highest BCUT2D eigenvalue weighted by molar-refractivity contribution is 8.23. The fourth-order valence-corrected chi connectivity index (χ4v) is 3.01. The molecule has 1 amide bonds. The number of nitro groups is 1. The van der Waals surface area contributed by atoms with Crippen LogP contribution in [0.4, 0.5) is 5.69 Å². The predicted molar refractivity (Wildman–Crippen MR) is 91.9 cm³/mol. The number of hydrogen-bond acceptors (Lipinski definition) is 6. The molecule has 1 aliphatic rings. The van der Waals surface area contributed by atoms with Crippen LogP contribution in [0.25, 0.3) is 5.69 Å². The zero-order valence-corrected chi connectivity index (χ0v) is 13.3. The number of thioether (sulfide) groups is 1. The number of thiocarbonyl (C=S) groups is 1. The van der Waals surface area contributed by atoms with Gasteiger partial charge < -0.3 is 4.57 Å². The molecule has 7 nitrogen and oxygen atoms in total. The molecule has 0 radical (unpaired) electrons. The van der Waals surface area contributed by atoms with Gasteiger partial charge in [0.25, 0.3) is 11.6 Å². The van der Waals surface area contributed by atoms with Gasteiger partial charge in [-0.05, 0) is 24.3 Å². The van der Waals surface area contributed by atoms with Crippen LogP contribution in [0.15, 0.2) is 47.7 Å². The van der Waals surface area contributed by atoms with Crippen molar-refractivity contribution in [1.82, 2.24) is 9.58 Å². The minimum absolute atomic E-state index is 0.0289. The molecule has 116 valence electrons. The van der Waals surface area contributed by atoms with E-state index in [-0.39, 0.29) is 11.6 Å². The van der Waals surface area contributed by atoms with Crippen LogP contribution < -0.4 is 0 Å². The maximum Gasteiger partial charge on any atom is 0.269 e. The first-order chi connectivity index (χ1) is 11.1. The van der Waals surface area contributed by atoms with E-state index in [2.05, 4.69) is 5.10 Å². The molecule has 2 heterocycles. The van der Waals surface area contributed by atoms with E-state index in [4.69, 9.17) is 12.2 Å². The predicted octanol–water partition coefficient (Wildman–Crippen LogP) is 2.58. The van der Waals surface area contributed by atoms with E-state index in [0.717, 1.165) is 11.4 Å². The van der Waals surface area contributed by atoms with Crippen molar-refractivity contribution in [3.8, 4) is 5.69 Å². The van der Waals surface area contributed by atoms with Crippen LogP contribution in [-0.2, 0) is 4.79 Å². The first-order valence-electron chi connectivity index (χ1n) is 6.52. The number of hydrazone groups is 1. The van der Waals surface area contributed by atoms with Gasteiger partial charge in [-0.2, -0.15) is 10.1 Å². The van der Waals surface area contributed by atoms with Gasteiger partial charge in [0.1, 0.15) is 0 Å². The maximum atomic E-state index is 11.6. The number of carbonyl (C=O) groups is 1. The number of nitrogens with zero attached hydrogens (tertiary/aromatic N) is 4. The quantitative estimate of drug-likeness (QED) is 0.368. The Morgan fingerprint density at radius 2 is 2.04 bits per heavy atom. The second-order valence-corrected chi connectivity index (χ2v) is 6.19. The average molecular weight is 346 g/mol. The fraction of sp³-hybridized carbons (Fsp3) is 0.0714. The number of amides is 1. The maximum absolute atomic E-state index is 11.6. The van der Waals surface area contributed by atoms with Crippen molar-refractivity contribution in [2.45, 2.75) is 0 Å². The summed E-state index contributed by atoms with van der Waals surface area (Å²) < 4.78 is 2.24. The van der Waals surface area contributed by atoms with E-state index in [1.165, 1.54) is 35.1 Å². The van der Waals surface area contributed by atoms with Gasteiger partial charge in [0, 0.05) is 24.0 Å². The number of carbonyl (C=O) groups excluding carboxylic acids is 1. The van der Waals surface area contributed by atoms with E-state index in [1.54, 1.807) is 18.3 Å². The Morgan fingerprint density at radius 1 is 1.30 bits per heavy atom. The van der Waals surface area contributed by atoms with Crippen LogP contribution >= 0.6 is 24.0 Å². The van der Waals surface area contributed by atoms with Crippen molar-refractivity contribution < 1.29 is 9.72 Å². The summed E-state index contributed by atoms with van der Waals surface area (Å²) in [4.78, 5) is 21.9. The minimum Gasteiger partial charge on any atom is -0.316 e. The summed E-state index contributed by atoms with van der Waals surface area (Å²) in [5.41, 5.74) is 1.51. The third-order valence-electron chi connectivity index (χ3n) is 3.15. The van der Waals surface area contributed by atoms with Gasteiger partial charge in [0.05, 0.1) is 22.6 Å². The summed E-state index contributed by atoms with van der Waals surface area (Å²) in [6.07, 6.45) is 3.35. The summed E-state index contributed by atoms with van der Waals surface area (Å²) in [5.74, 6) is 0.157. The first kappa shape index (κ1) is 15.4. The lowest BCUT2D eigenvalue weighted by Gasteiger charge is -2.08. The van der Waals surface area contributed by atoms with Crippen LogP contribution in [0.2, 0.25) is 0 Å². The molecule has 1 aliphatic heterocycles. The Kier molecular flexibility index (Phi) is 4.22. The summed E-state index contributed by atoms with van der Waals surface area (Å²) in [7, 11) is 0. The Balaban J connectivity index is 1.86. The van der Waals surface area contributed by atoms with Gasteiger partial charge in [-0.15, -0.1) is 0 Å². The van der Waals surface area contributed by atoms with Crippen LogP contribution in [0, 0.1) is 10.1 Å². The highest BCUT2D eigenvalue weighted by atomic mass is 32.2. The van der Waals surface area contributed by atoms with Crippen molar-refractivity contribution in [2.24, 2.45) is 5.10 Å². The molecule has 1 aromatic carbocycles. The first-order valence-corrected chi connectivity index (χ1v) is 7.91. The minimum atomic E-state index is -0.445. The molecule has 23 heavy (non-hydrogen) atoms. The molecule has 1 fully saturated rings. The van der Waals surface area contributed by atoms with Gasteiger partial charge >= 0.3 is 0 Å². The van der Waals surface area contributed by atoms with Crippen molar-refractivity contribution >= 4 is 46.1 Å². The van der Waals surface area contributed by atoms with Crippen LogP contribution in [0.5, 0.6) is 0 Å². The molecule has 0 bridgehead atoms. The van der Waals surface area contributed by atoms with Gasteiger partial charge in [0.15, 0.2) is 4.32 Å². The van der Waals surface area contributed by atoms with E-state index in [1.807, 2.05) is 16.7 Å². The second-order valence-electron chi connectivity index (χ2n) is 4.58. The number of rotatable bonds is 4. The Morgan fingerprint density at radius 3 is 2.65 bits per heavy atom. The molecule has 0 spiro atoms. The SMILES string of the molecule is O=C1CSC(=S)N1N=Cc1cccn1-c1ccc([N+](=O)[O-])cc1. The lowest BCUT2D eigenvalue weighted by atomic mass is 10.3. The molecule has 1 aromatic heterocycles. The van der Waals surface area contributed by atoms with E-state index >= 15 is 0 Å². The summed E-state index contributed by atoms with van der Waals surface area (Å²) in [5, 5.41) is 16.0. The van der Waals surface area contributed by atoms with Gasteiger partial charge in [-0.3, -0.25) is 14.9 Å². The van der Waals surface area contributed by atoms with E-state index < -0.39 is 4.92 Å². The van der Waals surface area contributed by atoms with E-state index in [9.17, 15) is 14.9 Å². The average Bonchev–Trinajstić information content (AvgIpc) is 3.13. The molecule has 3 rings (SSSR count). The smallest absolute Gasteiger partial charge is 0.269 e. The molecule has 1 saturated heterocycles. The fourth-order valence-electron chi connectivity index (χ4n) is 2.05. The highest BCUT2D eigenvalue weighted by Crippen LogP contribution is 2.20. The Bertz CT molecular complexity index is 798. The monoisotopic (exact) mass is 346 g/mol. The van der Waals surface area contributed by atoms with Gasteiger partial charge in [0.2, 0.25) is 0 Å². The van der Waals surface area contributed by atoms with Crippen LogP contribution in [0.1, 0.15) is 5.69 Å². The van der Waals surface area contributed by atoms with Crippen molar-refractivity contribution in [3.63, 3.8) is 0 Å². The molecule has 0 aliphatic carbocycles. The van der Waals surface area contributed by atoms with Gasteiger partial charge in [-0.1, -0.05) is 24.0 Å². The van der Waals surface area contributed by atoms with E-state index in [0.29, 0.717) is 10.1 Å². The standard InChI is InChI=1S/C14H10N4O3S2/c19-13-9-23-14(22)17(13)15-8-12-2-1-7-16(12)10-3-5-11(6-4-10)18(20)21/h1-8H,9H2. The number of hydrogen-bond donors (Lipinski definition) is 0. The lowest BCUT2D eigenvalue weighted by molar-refractivity contribution is -0.384. The van der Waals surface area contributed by atoms with Crippen molar-refractivity contribution in [3.05, 3.63) is 58.4 Å². The molecular formula is C14H10N4O3S2. The lowest BCUT2D eigenvalue weighted by Crippen LogP contribution is -2.22. The summed E-state index contributed by atoms with van der Waals surface area (Å²) in [6.45, 7) is 0. The number of aromatic nitrogens is 1. The highest BCUT2D eigenvalue weighted by Gasteiger charge is 2.26. The molecular weight excluding hydrogens is 336 g/mol. The Hall–Kier alpha value is -2.52. The molecule has 2 aromatic rings. The largest absolute Gasteiger partial charge is 0.316 e. The third-order valence-corrected chi connectivity index (χ3v) is 4.49. The second kappa shape index (κ2) is 6.31. The Labute approximate surface area is 140 Å². The molecule has 9 heteroatoms. The zero-order valence-electron chi connectivity index (χ0n) is 11.7. The summed E-state index contributed by atoms with van der Waals surface area (Å²) in [6, 6.07) is 9.81. The summed E-state index contributed by atoms with van der Waals surface area (Å²) >= 11 is 6.34. The number of benzene rings is 1. The van der Waals surface area contributed by atoms with Crippen molar-refractivity contribution in [1.29, 1.82) is 0 Å². The van der Waals surface area contributed by atoms with Crippen molar-refractivity contribution in [2.75, 3.05) is 5.75 Å². The normalized spacial score (nSPS) is 14.9. The zero-order chi connectivity index (χ0) is 16.4. The van der Waals surface area contributed by atoms with Gasteiger partial charge in [-0.25, -0.2) is 0 Å². The number of nitro benzene ring substituents is 1. The number of non-ortho nitro benzene ring substituents is 1. The molecule has 0 saturated carbocycles.